The molecule has 1 heterocycles. The highest BCUT2D eigenvalue weighted by Crippen LogP contribution is 2.25. The molecule has 1 aromatic carbocycles. The van der Waals surface area contributed by atoms with Gasteiger partial charge in [0.15, 0.2) is 0 Å². The van der Waals surface area contributed by atoms with Crippen LogP contribution >= 0.6 is 27.5 Å². The third-order valence-corrected chi connectivity index (χ3v) is 3.25. The van der Waals surface area contributed by atoms with E-state index in [0.717, 1.165) is 18.6 Å². The van der Waals surface area contributed by atoms with Crippen molar-refractivity contribution in [1.82, 2.24) is 14.8 Å². The zero-order valence-corrected chi connectivity index (χ0v) is 11.8. The van der Waals surface area contributed by atoms with Crippen LogP contribution in [0.25, 0.3) is 5.69 Å². The Morgan fingerprint density at radius 1 is 1.28 bits per heavy atom. The summed E-state index contributed by atoms with van der Waals surface area (Å²) >= 11 is 8.79. The van der Waals surface area contributed by atoms with Gasteiger partial charge in [-0.25, -0.2) is 8.78 Å². The molecule has 3 nitrogen and oxygen atoms in total. The zero-order valence-electron chi connectivity index (χ0n) is 9.42. The first kappa shape index (κ1) is 13.4. The molecule has 7 heteroatoms. The second-order valence-corrected chi connectivity index (χ2v) is 4.88. The zero-order chi connectivity index (χ0) is 13.3. The van der Waals surface area contributed by atoms with Crippen LogP contribution in [0, 0.1) is 11.6 Å². The maximum absolute atomic E-state index is 13.9. The predicted octanol–water partition coefficient (Wildman–Crippen LogP) is 3.91. The molecule has 96 valence electrons. The Balaban J connectivity index is 2.61. The van der Waals surface area contributed by atoms with E-state index in [1.54, 1.807) is 0 Å². The lowest BCUT2D eigenvalue weighted by atomic mass is 10.2. The van der Waals surface area contributed by atoms with E-state index >= 15 is 0 Å². The second kappa shape index (κ2) is 5.32. The lowest BCUT2D eigenvalue weighted by Crippen LogP contribution is -2.04. The lowest BCUT2D eigenvalue weighted by Gasteiger charge is -2.09. The van der Waals surface area contributed by atoms with Crippen molar-refractivity contribution in [2.75, 3.05) is 0 Å². The molecule has 0 spiro atoms. The van der Waals surface area contributed by atoms with Gasteiger partial charge >= 0.3 is 0 Å². The maximum Gasteiger partial charge on any atom is 0.229 e. The van der Waals surface area contributed by atoms with E-state index in [1.807, 2.05) is 6.92 Å². The van der Waals surface area contributed by atoms with Crippen molar-refractivity contribution in [1.29, 1.82) is 0 Å². The number of aromatic nitrogens is 3. The first-order valence-corrected chi connectivity index (χ1v) is 6.46. The monoisotopic (exact) mass is 335 g/mol. The van der Waals surface area contributed by atoms with E-state index in [-0.39, 0.29) is 15.4 Å². The average molecular weight is 337 g/mol. The topological polar surface area (TPSA) is 30.7 Å². The van der Waals surface area contributed by atoms with E-state index in [4.69, 9.17) is 11.6 Å². The van der Waals surface area contributed by atoms with Crippen LogP contribution in [0.3, 0.4) is 0 Å². The van der Waals surface area contributed by atoms with Gasteiger partial charge in [0.05, 0.1) is 10.2 Å². The van der Waals surface area contributed by atoms with Gasteiger partial charge in [-0.1, -0.05) is 6.92 Å². The van der Waals surface area contributed by atoms with Gasteiger partial charge in [-0.15, -0.1) is 10.2 Å². The normalized spacial score (nSPS) is 10.9. The maximum atomic E-state index is 13.9. The van der Waals surface area contributed by atoms with Crippen molar-refractivity contribution in [2.24, 2.45) is 0 Å². The fourth-order valence-electron chi connectivity index (χ4n) is 1.60. The largest absolute Gasteiger partial charge is 0.267 e. The second-order valence-electron chi connectivity index (χ2n) is 3.69. The van der Waals surface area contributed by atoms with Crippen molar-refractivity contribution < 1.29 is 8.78 Å². The third-order valence-electron chi connectivity index (χ3n) is 2.39. The Labute approximate surface area is 116 Å². The summed E-state index contributed by atoms with van der Waals surface area (Å²) in [5, 5.41) is 7.55. The summed E-state index contributed by atoms with van der Waals surface area (Å²) < 4.78 is 28.7. The van der Waals surface area contributed by atoms with Crippen molar-refractivity contribution in [3.8, 4) is 5.69 Å². The summed E-state index contributed by atoms with van der Waals surface area (Å²) in [6.07, 6.45) is 1.38. The SMILES string of the molecule is CCCc1nnc(Cl)n1-c1cc(F)c(Br)cc1F. The van der Waals surface area contributed by atoms with Gasteiger partial charge in [-0.2, -0.15) is 0 Å². The van der Waals surface area contributed by atoms with Crippen LogP contribution in [0.2, 0.25) is 5.28 Å². The lowest BCUT2D eigenvalue weighted by molar-refractivity contribution is 0.585. The van der Waals surface area contributed by atoms with Gasteiger partial charge in [0, 0.05) is 12.5 Å². The molecule has 0 unspecified atom stereocenters. The molecule has 0 bridgehead atoms. The molecule has 18 heavy (non-hydrogen) atoms. The Morgan fingerprint density at radius 2 is 2.00 bits per heavy atom. The molecule has 0 aliphatic heterocycles. The highest BCUT2D eigenvalue weighted by Gasteiger charge is 2.17. The highest BCUT2D eigenvalue weighted by atomic mass is 79.9. The molecule has 0 saturated heterocycles. The van der Waals surface area contributed by atoms with E-state index in [9.17, 15) is 8.78 Å². The van der Waals surface area contributed by atoms with Crippen LogP contribution in [-0.4, -0.2) is 14.8 Å². The van der Waals surface area contributed by atoms with Crippen LogP contribution in [0.1, 0.15) is 19.2 Å². The van der Waals surface area contributed by atoms with E-state index in [2.05, 4.69) is 26.1 Å². The van der Waals surface area contributed by atoms with E-state index in [1.165, 1.54) is 4.57 Å². The fraction of sp³-hybridized carbons (Fsp3) is 0.273. The summed E-state index contributed by atoms with van der Waals surface area (Å²) in [6, 6.07) is 2.12. The number of nitrogens with zero attached hydrogens (tertiary/aromatic N) is 3. The van der Waals surface area contributed by atoms with Gasteiger partial charge in [-0.3, -0.25) is 4.57 Å². The van der Waals surface area contributed by atoms with Crippen LogP contribution in [0.5, 0.6) is 0 Å². The van der Waals surface area contributed by atoms with Crippen molar-refractivity contribution >= 4 is 27.5 Å². The van der Waals surface area contributed by atoms with Crippen molar-refractivity contribution in [3.05, 3.63) is 39.3 Å². The van der Waals surface area contributed by atoms with E-state index in [0.29, 0.717) is 12.2 Å². The Kier molecular flexibility index (Phi) is 3.97. The molecule has 2 aromatic rings. The number of hydrogen-bond donors (Lipinski definition) is 0. The standard InChI is InChI=1S/C11H9BrClF2N3/c1-2-3-10-16-17-11(13)18(10)9-5-7(14)6(12)4-8(9)15/h4-5H,2-3H2,1H3. The van der Waals surface area contributed by atoms with Gasteiger partial charge in [0.2, 0.25) is 5.28 Å². The van der Waals surface area contributed by atoms with Crippen LogP contribution in [-0.2, 0) is 6.42 Å². The first-order chi connectivity index (χ1) is 8.54. The van der Waals surface area contributed by atoms with Gasteiger partial charge in [0.25, 0.3) is 0 Å². The van der Waals surface area contributed by atoms with Crippen LogP contribution in [0.4, 0.5) is 8.78 Å². The molecule has 0 saturated carbocycles. The summed E-state index contributed by atoms with van der Waals surface area (Å²) in [5.41, 5.74) is 0.00847. The summed E-state index contributed by atoms with van der Waals surface area (Å²) in [4.78, 5) is 0. The molecule has 0 aliphatic carbocycles. The van der Waals surface area contributed by atoms with Gasteiger partial charge in [0.1, 0.15) is 17.5 Å². The molecule has 0 radical (unpaired) electrons. The smallest absolute Gasteiger partial charge is 0.229 e. The summed E-state index contributed by atoms with van der Waals surface area (Å²) in [5.74, 6) is -0.663. The van der Waals surface area contributed by atoms with E-state index < -0.39 is 11.6 Å². The number of rotatable bonds is 3. The molecule has 1 aromatic heterocycles. The highest BCUT2D eigenvalue weighted by molar-refractivity contribution is 9.10. The molecule has 0 atom stereocenters. The minimum absolute atomic E-state index is 0.00847. The first-order valence-electron chi connectivity index (χ1n) is 5.29. The molecule has 2 rings (SSSR count). The minimum atomic E-state index is -0.595. The van der Waals surface area contributed by atoms with Gasteiger partial charge < -0.3 is 0 Å². The number of benzene rings is 1. The summed E-state index contributed by atoms with van der Waals surface area (Å²) in [6.45, 7) is 1.95. The Hall–Kier alpha value is -1.01. The van der Waals surface area contributed by atoms with Crippen LogP contribution in [0.15, 0.2) is 16.6 Å². The third kappa shape index (κ3) is 2.40. The number of aryl methyl sites for hydroxylation is 1. The van der Waals surface area contributed by atoms with Crippen LogP contribution < -0.4 is 0 Å². The molecule has 0 amide bonds. The molecular formula is C11H9BrClF2N3. The van der Waals surface area contributed by atoms with Crippen molar-refractivity contribution in [2.45, 2.75) is 19.8 Å². The molecule has 0 N–H and O–H groups in total. The molecular weight excluding hydrogens is 327 g/mol. The number of halogens is 4. The Bertz CT molecular complexity index is 586. The molecule has 0 aliphatic rings. The quantitative estimate of drug-likeness (QED) is 0.796. The number of hydrogen-bond acceptors (Lipinski definition) is 2. The Morgan fingerprint density at radius 3 is 2.67 bits per heavy atom. The summed E-state index contributed by atoms with van der Waals surface area (Å²) in [7, 11) is 0. The minimum Gasteiger partial charge on any atom is -0.267 e. The predicted molar refractivity (Wildman–Crippen MR) is 68.0 cm³/mol. The van der Waals surface area contributed by atoms with Gasteiger partial charge in [-0.05, 0) is 40.0 Å². The molecule has 0 fully saturated rings. The fourth-order valence-corrected chi connectivity index (χ4v) is 2.14. The van der Waals surface area contributed by atoms with Crippen molar-refractivity contribution in [3.63, 3.8) is 0 Å². The average Bonchev–Trinajstić information content (AvgIpc) is 2.66.